The van der Waals surface area contributed by atoms with Gasteiger partial charge >= 0.3 is 0 Å². The molecule has 0 aromatic carbocycles. The van der Waals surface area contributed by atoms with Crippen LogP contribution in [0, 0.1) is 6.92 Å². The van der Waals surface area contributed by atoms with Gasteiger partial charge in [-0.1, -0.05) is 6.42 Å². The summed E-state index contributed by atoms with van der Waals surface area (Å²) in [4.78, 5) is 11.5. The van der Waals surface area contributed by atoms with E-state index in [4.69, 9.17) is 5.73 Å². The molecule has 3 nitrogen and oxygen atoms in total. The SMILES string of the molecule is Cc1ccn(CCCCC(C)N)c(=O)c1. The molecule has 3 heteroatoms. The Morgan fingerprint density at radius 1 is 1.47 bits per heavy atom. The minimum Gasteiger partial charge on any atom is -0.328 e. The van der Waals surface area contributed by atoms with Crippen molar-refractivity contribution in [1.29, 1.82) is 0 Å². The van der Waals surface area contributed by atoms with Crippen LogP contribution in [-0.2, 0) is 6.54 Å². The molecular weight excluding hydrogens is 188 g/mol. The maximum absolute atomic E-state index is 11.5. The molecule has 0 saturated carbocycles. The van der Waals surface area contributed by atoms with Gasteiger partial charge in [-0.25, -0.2) is 0 Å². The predicted molar refractivity (Wildman–Crippen MR) is 62.9 cm³/mol. The van der Waals surface area contributed by atoms with Crippen LogP contribution in [0.25, 0.3) is 0 Å². The lowest BCUT2D eigenvalue weighted by atomic mass is 10.1. The third kappa shape index (κ3) is 4.30. The Balaban J connectivity index is 2.41. The zero-order chi connectivity index (χ0) is 11.3. The summed E-state index contributed by atoms with van der Waals surface area (Å²) >= 11 is 0. The topological polar surface area (TPSA) is 48.0 Å². The maximum atomic E-state index is 11.5. The van der Waals surface area contributed by atoms with Crippen molar-refractivity contribution in [2.24, 2.45) is 5.73 Å². The molecule has 0 aliphatic heterocycles. The van der Waals surface area contributed by atoms with Crippen LogP contribution in [0.3, 0.4) is 0 Å². The van der Waals surface area contributed by atoms with E-state index in [9.17, 15) is 4.79 Å². The minimum absolute atomic E-state index is 0.0933. The monoisotopic (exact) mass is 208 g/mol. The van der Waals surface area contributed by atoms with Crippen LogP contribution in [-0.4, -0.2) is 10.6 Å². The van der Waals surface area contributed by atoms with Crippen molar-refractivity contribution in [3.8, 4) is 0 Å². The number of hydrogen-bond donors (Lipinski definition) is 1. The molecule has 0 radical (unpaired) electrons. The van der Waals surface area contributed by atoms with E-state index in [0.717, 1.165) is 31.4 Å². The van der Waals surface area contributed by atoms with Crippen molar-refractivity contribution in [2.75, 3.05) is 0 Å². The highest BCUT2D eigenvalue weighted by Crippen LogP contribution is 2.00. The second-order valence-electron chi connectivity index (χ2n) is 4.21. The normalized spacial score (nSPS) is 12.7. The Kier molecular flexibility index (Phi) is 4.56. The Hall–Kier alpha value is -1.09. The van der Waals surface area contributed by atoms with Gasteiger partial charge in [0.1, 0.15) is 0 Å². The molecule has 0 bridgehead atoms. The van der Waals surface area contributed by atoms with Gasteiger partial charge in [0.25, 0.3) is 5.56 Å². The first-order valence-corrected chi connectivity index (χ1v) is 5.52. The highest BCUT2D eigenvalue weighted by Gasteiger charge is 1.97. The van der Waals surface area contributed by atoms with Gasteiger partial charge < -0.3 is 10.3 Å². The van der Waals surface area contributed by atoms with E-state index < -0.39 is 0 Å². The summed E-state index contributed by atoms with van der Waals surface area (Å²) in [7, 11) is 0. The Morgan fingerprint density at radius 3 is 2.80 bits per heavy atom. The Labute approximate surface area is 90.9 Å². The average molecular weight is 208 g/mol. The molecule has 1 unspecified atom stereocenters. The summed E-state index contributed by atoms with van der Waals surface area (Å²) in [6, 6.07) is 3.90. The van der Waals surface area contributed by atoms with Gasteiger partial charge in [-0.05, 0) is 38.3 Å². The molecule has 15 heavy (non-hydrogen) atoms. The fourth-order valence-corrected chi connectivity index (χ4v) is 1.54. The van der Waals surface area contributed by atoms with Crippen molar-refractivity contribution in [1.82, 2.24) is 4.57 Å². The summed E-state index contributed by atoms with van der Waals surface area (Å²) in [6.07, 6.45) is 4.99. The second-order valence-corrected chi connectivity index (χ2v) is 4.21. The van der Waals surface area contributed by atoms with Crippen molar-refractivity contribution in [2.45, 2.75) is 45.7 Å². The third-order valence-electron chi connectivity index (χ3n) is 2.46. The zero-order valence-corrected chi connectivity index (χ0v) is 9.57. The molecule has 1 heterocycles. The molecule has 84 valence electrons. The smallest absolute Gasteiger partial charge is 0.250 e. The standard InChI is InChI=1S/C12H20N2O/c1-10-6-8-14(12(15)9-10)7-4-3-5-11(2)13/h6,8-9,11H,3-5,7,13H2,1-2H3. The quantitative estimate of drug-likeness (QED) is 0.748. The van der Waals surface area contributed by atoms with E-state index in [1.54, 1.807) is 10.6 Å². The molecule has 1 rings (SSSR count). The van der Waals surface area contributed by atoms with E-state index in [-0.39, 0.29) is 11.6 Å². The van der Waals surface area contributed by atoms with Gasteiger partial charge in [-0.3, -0.25) is 4.79 Å². The second kappa shape index (κ2) is 5.71. The predicted octanol–water partition coefficient (Wildman–Crippen LogP) is 1.67. The largest absolute Gasteiger partial charge is 0.328 e. The fourth-order valence-electron chi connectivity index (χ4n) is 1.54. The lowest BCUT2D eigenvalue weighted by molar-refractivity contribution is 0.541. The van der Waals surface area contributed by atoms with E-state index in [2.05, 4.69) is 0 Å². The lowest BCUT2D eigenvalue weighted by Crippen LogP contribution is -2.19. The van der Waals surface area contributed by atoms with Crippen LogP contribution >= 0.6 is 0 Å². The van der Waals surface area contributed by atoms with Crippen LogP contribution in [0.2, 0.25) is 0 Å². The van der Waals surface area contributed by atoms with Crippen molar-refractivity contribution in [3.63, 3.8) is 0 Å². The first-order chi connectivity index (χ1) is 7.09. The van der Waals surface area contributed by atoms with Gasteiger partial charge in [0.15, 0.2) is 0 Å². The highest BCUT2D eigenvalue weighted by molar-refractivity contribution is 5.07. The molecule has 1 atom stereocenters. The summed E-state index contributed by atoms with van der Waals surface area (Å²) in [6.45, 7) is 4.74. The van der Waals surface area contributed by atoms with Gasteiger partial charge in [0, 0.05) is 24.8 Å². The molecule has 1 aromatic heterocycles. The van der Waals surface area contributed by atoms with E-state index in [0.29, 0.717) is 0 Å². The first kappa shape index (κ1) is 12.0. The number of hydrogen-bond acceptors (Lipinski definition) is 2. The number of aromatic nitrogens is 1. The average Bonchev–Trinajstić information content (AvgIpc) is 2.14. The van der Waals surface area contributed by atoms with Gasteiger partial charge in [-0.15, -0.1) is 0 Å². The molecule has 0 spiro atoms. The molecule has 0 aliphatic rings. The zero-order valence-electron chi connectivity index (χ0n) is 9.57. The van der Waals surface area contributed by atoms with Crippen LogP contribution in [0.15, 0.2) is 23.1 Å². The summed E-state index contributed by atoms with van der Waals surface area (Å²) in [5, 5.41) is 0. The van der Waals surface area contributed by atoms with Crippen molar-refractivity contribution >= 4 is 0 Å². The minimum atomic E-state index is 0.0933. The van der Waals surface area contributed by atoms with E-state index in [1.165, 1.54) is 0 Å². The number of nitrogens with zero attached hydrogens (tertiary/aromatic N) is 1. The van der Waals surface area contributed by atoms with Crippen LogP contribution < -0.4 is 11.3 Å². The fraction of sp³-hybridized carbons (Fsp3) is 0.583. The van der Waals surface area contributed by atoms with Crippen LogP contribution in [0.5, 0.6) is 0 Å². The Morgan fingerprint density at radius 2 is 2.20 bits per heavy atom. The molecule has 0 amide bonds. The van der Waals surface area contributed by atoms with Gasteiger partial charge in [0.05, 0.1) is 0 Å². The van der Waals surface area contributed by atoms with Crippen LogP contribution in [0.1, 0.15) is 31.7 Å². The lowest BCUT2D eigenvalue weighted by Gasteiger charge is -2.07. The summed E-state index contributed by atoms with van der Waals surface area (Å²) < 4.78 is 1.76. The van der Waals surface area contributed by atoms with Crippen molar-refractivity contribution < 1.29 is 0 Å². The molecule has 0 fully saturated rings. The molecular formula is C12H20N2O. The summed E-state index contributed by atoms with van der Waals surface area (Å²) in [5.74, 6) is 0. The molecule has 0 aliphatic carbocycles. The highest BCUT2D eigenvalue weighted by atomic mass is 16.1. The van der Waals surface area contributed by atoms with E-state index >= 15 is 0 Å². The van der Waals surface area contributed by atoms with Gasteiger partial charge in [0.2, 0.25) is 0 Å². The van der Waals surface area contributed by atoms with E-state index in [1.807, 2.05) is 26.1 Å². The van der Waals surface area contributed by atoms with Crippen LogP contribution in [0.4, 0.5) is 0 Å². The maximum Gasteiger partial charge on any atom is 0.250 e. The van der Waals surface area contributed by atoms with Gasteiger partial charge in [-0.2, -0.15) is 0 Å². The third-order valence-corrected chi connectivity index (χ3v) is 2.46. The number of pyridine rings is 1. The van der Waals surface area contributed by atoms with Crippen molar-refractivity contribution in [3.05, 3.63) is 34.2 Å². The number of rotatable bonds is 5. The number of aryl methyl sites for hydroxylation is 2. The molecule has 1 aromatic rings. The number of unbranched alkanes of at least 4 members (excludes halogenated alkanes) is 1. The Bertz CT molecular complexity index is 355. The molecule has 0 saturated heterocycles. The number of nitrogens with two attached hydrogens (primary N) is 1. The summed E-state index contributed by atoms with van der Waals surface area (Å²) in [5.41, 5.74) is 6.77. The first-order valence-electron chi connectivity index (χ1n) is 5.52. The molecule has 2 N–H and O–H groups in total.